The highest BCUT2D eigenvalue weighted by Gasteiger charge is 2.18. The lowest BCUT2D eigenvalue weighted by Crippen LogP contribution is -2.18. The standard InChI is InChI=1S/C14H13N3O4S2/c1-15-13(19)10-11-16-12(18)6-4-8(20-2)9(21-3)5-7(6)17(11)14(22)23-10/h4-5H,1-3H3,(H,15,19)(H,16,18). The Morgan fingerprint density at radius 1 is 1.30 bits per heavy atom. The van der Waals surface area contributed by atoms with Gasteiger partial charge < -0.3 is 19.8 Å². The van der Waals surface area contributed by atoms with Crippen molar-refractivity contribution in [1.29, 1.82) is 0 Å². The highest BCUT2D eigenvalue weighted by atomic mass is 32.1. The summed E-state index contributed by atoms with van der Waals surface area (Å²) in [6.07, 6.45) is 0. The number of rotatable bonds is 3. The molecule has 120 valence electrons. The van der Waals surface area contributed by atoms with Crippen LogP contribution in [-0.2, 0) is 0 Å². The quantitative estimate of drug-likeness (QED) is 0.705. The maximum absolute atomic E-state index is 12.4. The monoisotopic (exact) mass is 351 g/mol. The SMILES string of the molecule is CNC(=O)c1sc(=S)n2c1[nH]c(=O)c1cc(OC)c(OC)cc12. The number of benzene rings is 1. The van der Waals surface area contributed by atoms with Crippen LogP contribution in [0.5, 0.6) is 11.5 Å². The maximum Gasteiger partial charge on any atom is 0.264 e. The summed E-state index contributed by atoms with van der Waals surface area (Å²) in [5.74, 6) is 0.610. The molecule has 0 aliphatic rings. The summed E-state index contributed by atoms with van der Waals surface area (Å²) < 4.78 is 12.6. The molecule has 0 fully saturated rings. The molecule has 0 unspecified atom stereocenters. The first kappa shape index (κ1) is 15.5. The van der Waals surface area contributed by atoms with E-state index in [9.17, 15) is 9.59 Å². The van der Waals surface area contributed by atoms with Crippen LogP contribution < -0.4 is 20.3 Å². The van der Waals surface area contributed by atoms with E-state index in [2.05, 4.69) is 10.3 Å². The van der Waals surface area contributed by atoms with Crippen molar-refractivity contribution in [2.45, 2.75) is 0 Å². The molecule has 3 rings (SSSR count). The zero-order valence-electron chi connectivity index (χ0n) is 12.6. The highest BCUT2D eigenvalue weighted by molar-refractivity contribution is 7.73. The largest absolute Gasteiger partial charge is 0.493 e. The second-order valence-corrected chi connectivity index (χ2v) is 6.28. The summed E-state index contributed by atoms with van der Waals surface area (Å²) >= 11 is 6.49. The van der Waals surface area contributed by atoms with Crippen molar-refractivity contribution < 1.29 is 14.3 Å². The van der Waals surface area contributed by atoms with Gasteiger partial charge in [0.1, 0.15) is 10.5 Å². The van der Waals surface area contributed by atoms with E-state index in [1.54, 1.807) is 16.5 Å². The van der Waals surface area contributed by atoms with Crippen molar-refractivity contribution in [3.8, 4) is 11.5 Å². The topological polar surface area (TPSA) is 84.8 Å². The summed E-state index contributed by atoms with van der Waals surface area (Å²) in [4.78, 5) is 27.5. The van der Waals surface area contributed by atoms with Crippen molar-refractivity contribution in [3.05, 3.63) is 31.3 Å². The number of fused-ring (bicyclic) bond motifs is 3. The van der Waals surface area contributed by atoms with Gasteiger partial charge in [-0.05, 0) is 18.3 Å². The lowest BCUT2D eigenvalue weighted by Gasteiger charge is -2.10. The summed E-state index contributed by atoms with van der Waals surface area (Å²) in [5, 5.41) is 2.94. The van der Waals surface area contributed by atoms with Crippen molar-refractivity contribution in [2.75, 3.05) is 21.3 Å². The van der Waals surface area contributed by atoms with E-state index in [-0.39, 0.29) is 11.5 Å². The molecule has 0 atom stereocenters. The molecule has 3 aromatic rings. The van der Waals surface area contributed by atoms with Crippen LogP contribution in [-0.4, -0.2) is 36.6 Å². The molecule has 0 saturated heterocycles. The van der Waals surface area contributed by atoms with E-state index in [0.717, 1.165) is 11.3 Å². The fourth-order valence-electron chi connectivity index (χ4n) is 2.38. The predicted molar refractivity (Wildman–Crippen MR) is 90.7 cm³/mol. The van der Waals surface area contributed by atoms with Crippen LogP contribution in [0.25, 0.3) is 16.6 Å². The zero-order valence-corrected chi connectivity index (χ0v) is 14.2. The van der Waals surface area contributed by atoms with Gasteiger partial charge in [0.2, 0.25) is 0 Å². The van der Waals surface area contributed by atoms with Gasteiger partial charge in [-0.3, -0.25) is 14.0 Å². The minimum absolute atomic E-state index is 0.306. The second kappa shape index (κ2) is 5.67. The number of H-pyrrole nitrogens is 1. The summed E-state index contributed by atoms with van der Waals surface area (Å²) in [5.41, 5.74) is 0.584. The van der Waals surface area contributed by atoms with Gasteiger partial charge >= 0.3 is 0 Å². The summed E-state index contributed by atoms with van der Waals surface area (Å²) in [7, 11) is 4.53. The number of carbonyl (C=O) groups excluding carboxylic acids is 1. The molecule has 1 amide bonds. The molecule has 23 heavy (non-hydrogen) atoms. The molecule has 7 nitrogen and oxygen atoms in total. The van der Waals surface area contributed by atoms with E-state index in [0.29, 0.717) is 36.9 Å². The normalized spacial score (nSPS) is 10.9. The third kappa shape index (κ3) is 2.28. The zero-order chi connectivity index (χ0) is 16.7. The molecule has 0 saturated carbocycles. The Kier molecular flexibility index (Phi) is 3.82. The smallest absolute Gasteiger partial charge is 0.264 e. The Balaban J connectivity index is 2.53. The fourth-order valence-corrected chi connectivity index (χ4v) is 3.71. The number of hydrogen-bond acceptors (Lipinski definition) is 6. The Labute approximate surface area is 139 Å². The Bertz CT molecular complexity index is 1050. The van der Waals surface area contributed by atoms with Crippen molar-refractivity contribution in [1.82, 2.24) is 14.7 Å². The molecule has 0 radical (unpaired) electrons. The third-order valence-electron chi connectivity index (χ3n) is 3.46. The minimum atomic E-state index is -0.334. The molecule has 0 spiro atoms. The molecule has 0 aliphatic carbocycles. The number of thiazole rings is 1. The molecular formula is C14H13N3O4S2. The summed E-state index contributed by atoms with van der Waals surface area (Å²) in [6, 6.07) is 3.26. The average Bonchev–Trinajstić information content (AvgIpc) is 2.89. The van der Waals surface area contributed by atoms with E-state index in [1.165, 1.54) is 21.3 Å². The maximum atomic E-state index is 12.4. The van der Waals surface area contributed by atoms with Gasteiger partial charge in [-0.2, -0.15) is 0 Å². The number of amides is 1. The van der Waals surface area contributed by atoms with Crippen LogP contribution in [0.2, 0.25) is 0 Å². The molecule has 2 N–H and O–H groups in total. The van der Waals surface area contributed by atoms with Crippen LogP contribution in [0.1, 0.15) is 9.67 Å². The van der Waals surface area contributed by atoms with Crippen LogP contribution in [0.4, 0.5) is 0 Å². The number of nitrogens with one attached hydrogen (secondary N) is 2. The van der Waals surface area contributed by atoms with Gasteiger partial charge in [0.15, 0.2) is 15.5 Å². The van der Waals surface area contributed by atoms with Crippen molar-refractivity contribution in [3.63, 3.8) is 0 Å². The van der Waals surface area contributed by atoms with Gasteiger partial charge in [0, 0.05) is 13.1 Å². The van der Waals surface area contributed by atoms with E-state index in [1.807, 2.05) is 0 Å². The van der Waals surface area contributed by atoms with Crippen LogP contribution in [0.3, 0.4) is 0 Å². The molecule has 9 heteroatoms. The first-order chi connectivity index (χ1) is 11.0. The molecule has 2 aromatic heterocycles. The van der Waals surface area contributed by atoms with E-state index in [4.69, 9.17) is 21.7 Å². The number of ether oxygens (including phenoxy) is 2. The summed E-state index contributed by atoms with van der Waals surface area (Å²) in [6.45, 7) is 0. The molecule has 1 aromatic carbocycles. The molecular weight excluding hydrogens is 338 g/mol. The minimum Gasteiger partial charge on any atom is -0.493 e. The number of aromatic nitrogens is 2. The highest BCUT2D eigenvalue weighted by Crippen LogP contribution is 2.32. The number of hydrogen-bond donors (Lipinski definition) is 2. The lowest BCUT2D eigenvalue weighted by atomic mass is 10.2. The Morgan fingerprint density at radius 3 is 2.57 bits per heavy atom. The third-order valence-corrected chi connectivity index (χ3v) is 4.84. The predicted octanol–water partition coefficient (Wildman–Crippen LogP) is 1.95. The Hall–Kier alpha value is -2.39. The van der Waals surface area contributed by atoms with Crippen molar-refractivity contribution >= 4 is 46.0 Å². The van der Waals surface area contributed by atoms with Gasteiger partial charge in [0.25, 0.3) is 11.5 Å². The van der Waals surface area contributed by atoms with Crippen LogP contribution in [0.15, 0.2) is 16.9 Å². The van der Waals surface area contributed by atoms with Gasteiger partial charge in [-0.15, -0.1) is 0 Å². The first-order valence-corrected chi connectivity index (χ1v) is 7.80. The molecule has 0 bridgehead atoms. The first-order valence-electron chi connectivity index (χ1n) is 6.57. The van der Waals surface area contributed by atoms with E-state index < -0.39 is 0 Å². The van der Waals surface area contributed by atoms with Crippen molar-refractivity contribution in [2.24, 2.45) is 0 Å². The van der Waals surface area contributed by atoms with E-state index >= 15 is 0 Å². The molecule has 0 aliphatic heterocycles. The van der Waals surface area contributed by atoms with Crippen LogP contribution >= 0.6 is 23.6 Å². The number of methoxy groups -OCH3 is 2. The van der Waals surface area contributed by atoms with Crippen LogP contribution in [0, 0.1) is 3.95 Å². The lowest BCUT2D eigenvalue weighted by molar-refractivity contribution is 0.0968. The Morgan fingerprint density at radius 2 is 1.96 bits per heavy atom. The average molecular weight is 351 g/mol. The van der Waals surface area contributed by atoms with Gasteiger partial charge in [-0.25, -0.2) is 0 Å². The second-order valence-electron chi connectivity index (χ2n) is 4.64. The number of aromatic amines is 1. The fraction of sp³-hybridized carbons (Fsp3) is 0.214. The van der Waals surface area contributed by atoms with Gasteiger partial charge in [0.05, 0.1) is 25.1 Å². The van der Waals surface area contributed by atoms with Gasteiger partial charge in [-0.1, -0.05) is 11.3 Å². The molecule has 2 heterocycles. The number of nitrogens with zero attached hydrogens (tertiary/aromatic N) is 1. The number of carbonyl (C=O) groups is 1.